The number of rotatable bonds is 6. The Bertz CT molecular complexity index is 1470. The first-order chi connectivity index (χ1) is 17.6. The quantitative estimate of drug-likeness (QED) is 0.332. The summed E-state index contributed by atoms with van der Waals surface area (Å²) in [6.07, 6.45) is 3.71. The van der Waals surface area contributed by atoms with Crippen LogP contribution in [0.25, 0.3) is 17.0 Å². The number of aromatic amines is 1. The van der Waals surface area contributed by atoms with E-state index in [1.54, 1.807) is 6.20 Å². The van der Waals surface area contributed by atoms with Crippen molar-refractivity contribution in [1.82, 2.24) is 44.6 Å². The van der Waals surface area contributed by atoms with E-state index in [1.165, 1.54) is 0 Å². The van der Waals surface area contributed by atoms with E-state index in [9.17, 15) is 0 Å². The Kier molecular flexibility index (Phi) is 5.62. The lowest BCUT2D eigenvalue weighted by Crippen LogP contribution is -2.44. The fraction of sp³-hybridized carbons (Fsp3) is 0.250. The number of hydrogen-bond donors (Lipinski definition) is 3. The fourth-order valence-electron chi connectivity index (χ4n) is 4.26. The summed E-state index contributed by atoms with van der Waals surface area (Å²) in [6.45, 7) is 5.79. The largest absolute Gasteiger partial charge is 0.353 e. The zero-order valence-corrected chi connectivity index (χ0v) is 20.0. The number of nitrogens with one attached hydrogen (secondary N) is 3. The number of hydrogen-bond acceptors (Lipinski definition) is 10. The summed E-state index contributed by atoms with van der Waals surface area (Å²) in [5.41, 5.74) is 2.31. The smallest absolute Gasteiger partial charge is 0.160 e. The predicted molar refractivity (Wildman–Crippen MR) is 138 cm³/mol. The number of pyridine rings is 1. The molecule has 0 bridgehead atoms. The molecule has 36 heavy (non-hydrogen) atoms. The van der Waals surface area contributed by atoms with Crippen molar-refractivity contribution >= 4 is 34.7 Å². The second kappa shape index (κ2) is 9.23. The third kappa shape index (κ3) is 4.41. The lowest BCUT2D eigenvalue weighted by atomic mass is 10.2. The zero-order chi connectivity index (χ0) is 24.5. The van der Waals surface area contributed by atoms with E-state index >= 15 is 0 Å². The molecule has 0 aromatic carbocycles. The summed E-state index contributed by atoms with van der Waals surface area (Å²) in [5, 5.41) is 22.4. The Labute approximate surface area is 207 Å². The minimum absolute atomic E-state index is 0.616. The SMILES string of the molecule is Cc1nc(Nc2ccc(N3CCN(C)CC3)nn2)cc(-c2c(Nc3cc[nH]n3)nc3ccccn23)n1. The van der Waals surface area contributed by atoms with Gasteiger partial charge in [-0.25, -0.2) is 15.0 Å². The number of fused-ring (bicyclic) bond motifs is 1. The van der Waals surface area contributed by atoms with Gasteiger partial charge in [0.1, 0.15) is 23.0 Å². The molecule has 5 aromatic heterocycles. The monoisotopic (exact) mass is 482 g/mol. The molecule has 6 rings (SSSR count). The van der Waals surface area contributed by atoms with Crippen LogP contribution in [0.4, 0.5) is 29.1 Å². The van der Waals surface area contributed by atoms with E-state index in [-0.39, 0.29) is 0 Å². The van der Waals surface area contributed by atoms with Crippen LogP contribution in [0.1, 0.15) is 5.82 Å². The predicted octanol–water partition coefficient (Wildman–Crippen LogP) is 2.85. The van der Waals surface area contributed by atoms with Gasteiger partial charge in [-0.3, -0.25) is 9.50 Å². The zero-order valence-electron chi connectivity index (χ0n) is 20.0. The number of H-pyrrole nitrogens is 1. The first-order valence-corrected chi connectivity index (χ1v) is 11.8. The van der Waals surface area contributed by atoms with Gasteiger partial charge >= 0.3 is 0 Å². The highest BCUT2D eigenvalue weighted by molar-refractivity contribution is 5.78. The third-order valence-electron chi connectivity index (χ3n) is 6.09. The van der Waals surface area contributed by atoms with Gasteiger partial charge in [0.15, 0.2) is 23.3 Å². The maximum absolute atomic E-state index is 4.75. The molecule has 0 radical (unpaired) electrons. The van der Waals surface area contributed by atoms with Crippen molar-refractivity contribution in [3.8, 4) is 11.4 Å². The average molecular weight is 483 g/mol. The van der Waals surface area contributed by atoms with E-state index in [0.29, 0.717) is 34.8 Å². The molecular weight excluding hydrogens is 456 g/mol. The van der Waals surface area contributed by atoms with Gasteiger partial charge in [-0.15, -0.1) is 10.2 Å². The number of likely N-dealkylation sites (N-methyl/N-ethyl adjacent to an activating group) is 1. The van der Waals surface area contributed by atoms with Crippen molar-refractivity contribution in [2.75, 3.05) is 48.8 Å². The van der Waals surface area contributed by atoms with E-state index in [1.807, 2.05) is 60.0 Å². The summed E-state index contributed by atoms with van der Waals surface area (Å²) in [6, 6.07) is 13.5. The molecule has 12 heteroatoms. The lowest BCUT2D eigenvalue weighted by molar-refractivity contribution is 0.312. The molecular formula is C24H26N12. The highest BCUT2D eigenvalue weighted by Crippen LogP contribution is 2.31. The van der Waals surface area contributed by atoms with Gasteiger partial charge in [0.2, 0.25) is 0 Å². The third-order valence-corrected chi connectivity index (χ3v) is 6.09. The molecule has 12 nitrogen and oxygen atoms in total. The van der Waals surface area contributed by atoms with Crippen LogP contribution in [0.3, 0.4) is 0 Å². The Morgan fingerprint density at radius 2 is 1.75 bits per heavy atom. The van der Waals surface area contributed by atoms with Gasteiger partial charge in [0.25, 0.3) is 0 Å². The van der Waals surface area contributed by atoms with E-state index in [4.69, 9.17) is 9.97 Å². The molecule has 5 aromatic rings. The molecule has 6 heterocycles. The molecule has 3 N–H and O–H groups in total. The number of anilines is 5. The second-order valence-electron chi connectivity index (χ2n) is 8.70. The van der Waals surface area contributed by atoms with Crippen LogP contribution >= 0.6 is 0 Å². The number of aromatic nitrogens is 8. The number of nitrogens with zero attached hydrogens (tertiary/aromatic N) is 9. The van der Waals surface area contributed by atoms with Crippen LogP contribution < -0.4 is 15.5 Å². The minimum Gasteiger partial charge on any atom is -0.353 e. The lowest BCUT2D eigenvalue weighted by Gasteiger charge is -2.32. The maximum Gasteiger partial charge on any atom is 0.160 e. The molecule has 1 saturated heterocycles. The summed E-state index contributed by atoms with van der Waals surface area (Å²) < 4.78 is 1.99. The number of piperazine rings is 1. The number of imidazole rings is 1. The molecule has 0 amide bonds. The topological polar surface area (TPSA) is 128 Å². The average Bonchev–Trinajstić information content (AvgIpc) is 3.52. The molecule has 1 aliphatic heterocycles. The van der Waals surface area contributed by atoms with Crippen molar-refractivity contribution < 1.29 is 0 Å². The van der Waals surface area contributed by atoms with Gasteiger partial charge in [-0.1, -0.05) is 6.07 Å². The fourth-order valence-corrected chi connectivity index (χ4v) is 4.26. The van der Waals surface area contributed by atoms with Crippen molar-refractivity contribution in [3.63, 3.8) is 0 Å². The summed E-state index contributed by atoms with van der Waals surface area (Å²) >= 11 is 0. The highest BCUT2D eigenvalue weighted by atomic mass is 15.3. The van der Waals surface area contributed by atoms with Crippen LogP contribution in [-0.4, -0.2) is 77.9 Å². The van der Waals surface area contributed by atoms with Gasteiger partial charge in [-0.05, 0) is 38.2 Å². The van der Waals surface area contributed by atoms with E-state index in [0.717, 1.165) is 43.3 Å². The van der Waals surface area contributed by atoms with Crippen LogP contribution in [0.15, 0.2) is 54.9 Å². The Hall–Kier alpha value is -4.58. The molecule has 0 saturated carbocycles. The number of aryl methyl sites for hydroxylation is 1. The van der Waals surface area contributed by atoms with Crippen molar-refractivity contribution in [2.24, 2.45) is 0 Å². The van der Waals surface area contributed by atoms with Crippen molar-refractivity contribution in [3.05, 3.63) is 60.7 Å². The van der Waals surface area contributed by atoms with Crippen molar-refractivity contribution in [2.45, 2.75) is 6.92 Å². The molecule has 0 spiro atoms. The molecule has 1 fully saturated rings. The summed E-state index contributed by atoms with van der Waals surface area (Å²) in [7, 11) is 2.14. The van der Waals surface area contributed by atoms with Gasteiger partial charge in [0, 0.05) is 50.7 Å². The normalized spacial score (nSPS) is 14.3. The molecule has 1 aliphatic rings. The van der Waals surface area contributed by atoms with Gasteiger partial charge < -0.3 is 20.4 Å². The first-order valence-electron chi connectivity index (χ1n) is 11.8. The van der Waals surface area contributed by atoms with Crippen LogP contribution in [0, 0.1) is 6.92 Å². The first kappa shape index (κ1) is 21.9. The minimum atomic E-state index is 0.616. The second-order valence-corrected chi connectivity index (χ2v) is 8.70. The van der Waals surface area contributed by atoms with Crippen LogP contribution in [0.2, 0.25) is 0 Å². The van der Waals surface area contributed by atoms with E-state index < -0.39 is 0 Å². The highest BCUT2D eigenvalue weighted by Gasteiger charge is 2.19. The Balaban J connectivity index is 1.30. The molecule has 0 unspecified atom stereocenters. The van der Waals surface area contributed by atoms with Crippen LogP contribution in [-0.2, 0) is 0 Å². The van der Waals surface area contributed by atoms with Crippen molar-refractivity contribution in [1.29, 1.82) is 0 Å². The standard InChI is InChI=1S/C24H26N12/c1-16-26-17(23-24(29-19-8-9-25-31-19)30-21-5-3-4-10-36(21)23)15-20(27-16)28-18-6-7-22(33-32-18)35-13-11-34(2)12-14-35/h3-10,15H,11-14H2,1-2H3,(H2,25,29,31)(H,26,27,28,32). The van der Waals surface area contributed by atoms with Gasteiger partial charge in [-0.2, -0.15) is 5.10 Å². The summed E-state index contributed by atoms with van der Waals surface area (Å²) in [4.78, 5) is 18.6. The Morgan fingerprint density at radius 1 is 0.861 bits per heavy atom. The molecule has 182 valence electrons. The molecule has 0 aliphatic carbocycles. The van der Waals surface area contributed by atoms with E-state index in [2.05, 4.69) is 52.9 Å². The summed E-state index contributed by atoms with van der Waals surface area (Å²) in [5.74, 6) is 4.05. The Morgan fingerprint density at radius 3 is 2.53 bits per heavy atom. The van der Waals surface area contributed by atoms with Crippen LogP contribution in [0.5, 0.6) is 0 Å². The maximum atomic E-state index is 4.75. The van der Waals surface area contributed by atoms with Gasteiger partial charge in [0.05, 0.1) is 5.69 Å². The molecule has 0 atom stereocenters.